The van der Waals surface area contributed by atoms with Crippen LogP contribution in [0.3, 0.4) is 0 Å². The van der Waals surface area contributed by atoms with Crippen LogP contribution in [-0.4, -0.2) is 35.4 Å². The van der Waals surface area contributed by atoms with E-state index in [2.05, 4.69) is 10.3 Å². The summed E-state index contributed by atoms with van der Waals surface area (Å²) in [5.74, 6) is 0.344. The van der Waals surface area contributed by atoms with Crippen LogP contribution < -0.4 is 10.1 Å². The summed E-state index contributed by atoms with van der Waals surface area (Å²) < 4.78 is 10.1. The summed E-state index contributed by atoms with van der Waals surface area (Å²) in [6.07, 6.45) is 3.49. The molecular weight excluding hydrogens is 366 g/mol. The smallest absolute Gasteiger partial charge is 0.260 e. The third-order valence-electron chi connectivity index (χ3n) is 4.34. The van der Waals surface area contributed by atoms with Gasteiger partial charge >= 0.3 is 0 Å². The van der Waals surface area contributed by atoms with Crippen LogP contribution >= 0.6 is 11.3 Å². The summed E-state index contributed by atoms with van der Waals surface area (Å²) >= 11 is 1.39. The number of aromatic nitrogens is 1. The van der Waals surface area contributed by atoms with Gasteiger partial charge in [-0.1, -0.05) is 17.4 Å². The van der Waals surface area contributed by atoms with Gasteiger partial charge < -0.3 is 14.1 Å². The molecule has 3 heterocycles. The quantitative estimate of drug-likeness (QED) is 0.748. The minimum absolute atomic E-state index is 0.0445. The van der Waals surface area contributed by atoms with E-state index < -0.39 is 0 Å². The molecule has 4 rings (SSSR count). The van der Waals surface area contributed by atoms with E-state index in [1.807, 2.05) is 6.07 Å². The zero-order chi connectivity index (χ0) is 18.8. The van der Waals surface area contributed by atoms with Gasteiger partial charge in [0.15, 0.2) is 5.13 Å². The molecule has 0 fully saturated rings. The number of ether oxygens (including phenoxy) is 1. The third-order valence-corrected chi connectivity index (χ3v) is 5.34. The number of nitrogens with one attached hydrogen (secondary N) is 1. The summed E-state index contributed by atoms with van der Waals surface area (Å²) in [4.78, 5) is 32.2. The van der Waals surface area contributed by atoms with Crippen LogP contribution in [0.5, 0.6) is 5.75 Å². The van der Waals surface area contributed by atoms with Gasteiger partial charge in [0, 0.05) is 23.4 Å². The zero-order valence-electron chi connectivity index (χ0n) is 14.6. The van der Waals surface area contributed by atoms with Gasteiger partial charge in [0.25, 0.3) is 11.8 Å². The van der Waals surface area contributed by atoms with E-state index in [9.17, 15) is 9.59 Å². The first-order valence-electron chi connectivity index (χ1n) is 8.39. The van der Waals surface area contributed by atoms with Crippen LogP contribution in [0.1, 0.15) is 31.3 Å². The number of nitrogens with zero attached hydrogens (tertiary/aromatic N) is 2. The van der Waals surface area contributed by atoms with Gasteiger partial charge in [-0.2, -0.15) is 0 Å². The molecule has 1 aliphatic rings. The van der Waals surface area contributed by atoms with Gasteiger partial charge in [-0.25, -0.2) is 4.98 Å². The summed E-state index contributed by atoms with van der Waals surface area (Å²) in [6.45, 7) is 1.06. The van der Waals surface area contributed by atoms with Crippen LogP contribution in [0.25, 0.3) is 0 Å². The van der Waals surface area contributed by atoms with Crippen molar-refractivity contribution < 1.29 is 18.7 Å². The van der Waals surface area contributed by atoms with Crippen molar-refractivity contribution in [2.45, 2.75) is 13.0 Å². The van der Waals surface area contributed by atoms with Crippen molar-refractivity contribution in [1.29, 1.82) is 0 Å². The largest absolute Gasteiger partial charge is 0.497 e. The Kier molecular flexibility index (Phi) is 4.64. The first kappa shape index (κ1) is 17.3. The summed E-state index contributed by atoms with van der Waals surface area (Å²) in [6, 6.07) is 8.73. The average Bonchev–Trinajstić information content (AvgIpc) is 3.36. The SMILES string of the molecule is COc1cccc(C(=O)N2CCc3nc(NC(=O)c4ccoc4)sc3C2)c1. The zero-order valence-corrected chi connectivity index (χ0v) is 15.4. The monoisotopic (exact) mass is 383 g/mol. The Bertz CT molecular complexity index is 981. The molecule has 0 atom stereocenters. The first-order chi connectivity index (χ1) is 13.1. The molecule has 8 heteroatoms. The highest BCUT2D eigenvalue weighted by molar-refractivity contribution is 7.15. The van der Waals surface area contributed by atoms with Crippen molar-refractivity contribution in [1.82, 2.24) is 9.88 Å². The minimum atomic E-state index is -0.265. The Labute approximate surface area is 159 Å². The summed E-state index contributed by atoms with van der Waals surface area (Å²) in [5.41, 5.74) is 1.96. The van der Waals surface area contributed by atoms with E-state index in [-0.39, 0.29) is 11.8 Å². The highest BCUT2D eigenvalue weighted by atomic mass is 32.1. The van der Waals surface area contributed by atoms with Gasteiger partial charge in [-0.05, 0) is 24.3 Å². The van der Waals surface area contributed by atoms with E-state index in [1.54, 1.807) is 36.3 Å². The van der Waals surface area contributed by atoms with E-state index >= 15 is 0 Å². The Morgan fingerprint density at radius 3 is 2.96 bits per heavy atom. The second-order valence-electron chi connectivity index (χ2n) is 6.06. The molecule has 1 N–H and O–H groups in total. The second-order valence-corrected chi connectivity index (χ2v) is 7.15. The average molecular weight is 383 g/mol. The predicted molar refractivity (Wildman–Crippen MR) is 100 cm³/mol. The van der Waals surface area contributed by atoms with E-state index in [0.29, 0.717) is 41.5 Å². The molecule has 1 aromatic carbocycles. The maximum absolute atomic E-state index is 12.8. The molecule has 3 aromatic rings. The van der Waals surface area contributed by atoms with Crippen molar-refractivity contribution in [2.24, 2.45) is 0 Å². The number of rotatable bonds is 4. The predicted octanol–water partition coefficient (Wildman–Crippen LogP) is 3.20. The van der Waals surface area contributed by atoms with Crippen LogP contribution in [0.4, 0.5) is 5.13 Å². The fraction of sp³-hybridized carbons (Fsp3) is 0.211. The molecule has 1 aliphatic heterocycles. The second kappa shape index (κ2) is 7.24. The summed E-state index contributed by atoms with van der Waals surface area (Å²) in [7, 11) is 1.58. The highest BCUT2D eigenvalue weighted by Gasteiger charge is 2.25. The number of amides is 2. The maximum atomic E-state index is 12.8. The molecule has 138 valence electrons. The fourth-order valence-electron chi connectivity index (χ4n) is 2.92. The van der Waals surface area contributed by atoms with Crippen LogP contribution in [0.2, 0.25) is 0 Å². The molecule has 0 saturated heterocycles. The third kappa shape index (κ3) is 3.56. The standard InChI is InChI=1S/C19H17N3O4S/c1-25-14-4-2-3-12(9-14)18(24)22-7-5-15-16(10-22)27-19(20-15)21-17(23)13-6-8-26-11-13/h2-4,6,8-9,11H,5,7,10H2,1H3,(H,20,21,23). The maximum Gasteiger partial charge on any atom is 0.260 e. The number of methoxy groups -OCH3 is 1. The minimum Gasteiger partial charge on any atom is -0.497 e. The normalized spacial score (nSPS) is 13.1. The number of hydrogen-bond donors (Lipinski definition) is 1. The first-order valence-corrected chi connectivity index (χ1v) is 9.21. The number of carbonyl (C=O) groups is 2. The molecule has 0 saturated carbocycles. The van der Waals surface area contributed by atoms with Gasteiger partial charge in [0.2, 0.25) is 0 Å². The molecule has 0 unspecified atom stereocenters. The van der Waals surface area contributed by atoms with Crippen LogP contribution in [-0.2, 0) is 13.0 Å². The number of hydrogen-bond acceptors (Lipinski definition) is 6. The van der Waals surface area contributed by atoms with Crippen molar-refractivity contribution in [2.75, 3.05) is 19.0 Å². The number of furan rings is 1. The molecule has 27 heavy (non-hydrogen) atoms. The van der Waals surface area contributed by atoms with Gasteiger partial charge in [0.1, 0.15) is 12.0 Å². The number of fused-ring (bicyclic) bond motifs is 1. The lowest BCUT2D eigenvalue weighted by Crippen LogP contribution is -2.35. The molecule has 0 radical (unpaired) electrons. The van der Waals surface area contributed by atoms with Crippen molar-refractivity contribution >= 4 is 28.3 Å². The number of thiazole rings is 1. The summed E-state index contributed by atoms with van der Waals surface area (Å²) in [5, 5.41) is 3.31. The topological polar surface area (TPSA) is 84.7 Å². The van der Waals surface area contributed by atoms with Crippen molar-refractivity contribution in [3.05, 3.63) is 64.6 Å². The number of carbonyl (C=O) groups excluding carboxylic acids is 2. The highest BCUT2D eigenvalue weighted by Crippen LogP contribution is 2.29. The molecular formula is C19H17N3O4S. The van der Waals surface area contributed by atoms with Gasteiger partial charge in [-0.3, -0.25) is 14.9 Å². The van der Waals surface area contributed by atoms with E-state index in [4.69, 9.17) is 9.15 Å². The lowest BCUT2D eigenvalue weighted by atomic mass is 10.1. The Hall–Kier alpha value is -3.13. The molecule has 2 aromatic heterocycles. The molecule has 7 nitrogen and oxygen atoms in total. The molecule has 0 bridgehead atoms. The molecule has 0 spiro atoms. The fourth-order valence-corrected chi connectivity index (χ4v) is 3.94. The number of benzene rings is 1. The van der Waals surface area contributed by atoms with E-state index in [1.165, 1.54) is 23.9 Å². The van der Waals surface area contributed by atoms with Crippen molar-refractivity contribution in [3.8, 4) is 5.75 Å². The number of anilines is 1. The van der Waals surface area contributed by atoms with Crippen LogP contribution in [0.15, 0.2) is 47.3 Å². The Morgan fingerprint density at radius 2 is 2.19 bits per heavy atom. The van der Waals surface area contributed by atoms with Gasteiger partial charge in [0.05, 0.1) is 31.2 Å². The Balaban J connectivity index is 1.47. The van der Waals surface area contributed by atoms with Gasteiger partial charge in [-0.15, -0.1) is 0 Å². The van der Waals surface area contributed by atoms with Crippen molar-refractivity contribution in [3.63, 3.8) is 0 Å². The molecule has 0 aliphatic carbocycles. The lowest BCUT2D eigenvalue weighted by Gasteiger charge is -2.26. The van der Waals surface area contributed by atoms with E-state index in [0.717, 1.165) is 10.6 Å². The van der Waals surface area contributed by atoms with Crippen LogP contribution in [0, 0.1) is 0 Å². The Morgan fingerprint density at radius 1 is 1.30 bits per heavy atom. The lowest BCUT2D eigenvalue weighted by molar-refractivity contribution is 0.0735. The molecule has 2 amide bonds.